The molecular formula is C15H14N4OS2. The summed E-state index contributed by atoms with van der Waals surface area (Å²) in [7, 11) is 0. The van der Waals surface area contributed by atoms with E-state index < -0.39 is 0 Å². The standard InChI is InChI=1S/C15H14N4OS2/c1-10-6-7-21-13(10)8-16-19-14(20)9-22-15-17-11-4-2-3-5-12(11)18-15/h2-8H,9H2,1H3,(H,17,18)(H,19,20)/b16-8+. The number of amides is 1. The third-order valence-corrected chi connectivity index (χ3v) is 4.81. The van der Waals surface area contributed by atoms with Crippen LogP contribution in [0.25, 0.3) is 11.0 Å². The molecule has 0 aliphatic heterocycles. The lowest BCUT2D eigenvalue weighted by atomic mass is 10.3. The molecule has 2 heterocycles. The Morgan fingerprint density at radius 1 is 1.45 bits per heavy atom. The molecule has 3 aromatic rings. The zero-order chi connectivity index (χ0) is 15.4. The van der Waals surface area contributed by atoms with Crippen LogP contribution in [-0.2, 0) is 4.79 Å². The van der Waals surface area contributed by atoms with Crippen LogP contribution in [0.2, 0.25) is 0 Å². The first-order chi connectivity index (χ1) is 10.7. The third kappa shape index (κ3) is 3.55. The number of carbonyl (C=O) groups excluding carboxylic acids is 1. The molecule has 0 saturated carbocycles. The summed E-state index contributed by atoms with van der Waals surface area (Å²) in [5, 5.41) is 6.70. The first-order valence-electron chi connectivity index (χ1n) is 6.66. The number of aromatic amines is 1. The molecule has 3 rings (SSSR count). The van der Waals surface area contributed by atoms with Gasteiger partial charge in [0, 0.05) is 4.88 Å². The van der Waals surface area contributed by atoms with Crippen LogP contribution in [0.1, 0.15) is 10.4 Å². The van der Waals surface area contributed by atoms with Crippen molar-refractivity contribution in [3.63, 3.8) is 0 Å². The number of aryl methyl sites for hydroxylation is 1. The number of rotatable bonds is 5. The maximum absolute atomic E-state index is 11.8. The van der Waals surface area contributed by atoms with Crippen LogP contribution in [0.15, 0.2) is 46.0 Å². The predicted molar refractivity (Wildman–Crippen MR) is 91.6 cm³/mol. The number of para-hydroxylation sites is 2. The number of hydrazone groups is 1. The number of nitrogens with one attached hydrogen (secondary N) is 2. The van der Waals surface area contributed by atoms with Crippen LogP contribution in [0.3, 0.4) is 0 Å². The van der Waals surface area contributed by atoms with Gasteiger partial charge < -0.3 is 4.98 Å². The second-order valence-electron chi connectivity index (χ2n) is 4.61. The van der Waals surface area contributed by atoms with E-state index in [0.29, 0.717) is 0 Å². The fourth-order valence-electron chi connectivity index (χ4n) is 1.84. The number of carbonyl (C=O) groups is 1. The Labute approximate surface area is 135 Å². The van der Waals surface area contributed by atoms with Crippen molar-refractivity contribution in [2.24, 2.45) is 5.10 Å². The SMILES string of the molecule is Cc1ccsc1/C=N/NC(=O)CSc1nc2ccccc2[nH]1. The molecule has 5 nitrogen and oxygen atoms in total. The molecule has 0 aliphatic carbocycles. The second kappa shape index (κ2) is 6.76. The van der Waals surface area contributed by atoms with Gasteiger partial charge >= 0.3 is 0 Å². The number of benzene rings is 1. The van der Waals surface area contributed by atoms with E-state index in [0.717, 1.165) is 26.6 Å². The first-order valence-corrected chi connectivity index (χ1v) is 8.52. The summed E-state index contributed by atoms with van der Waals surface area (Å²) in [5.41, 5.74) is 5.55. The number of aromatic nitrogens is 2. The highest BCUT2D eigenvalue weighted by Gasteiger charge is 2.06. The maximum Gasteiger partial charge on any atom is 0.250 e. The van der Waals surface area contributed by atoms with Crippen LogP contribution in [0, 0.1) is 6.92 Å². The Kier molecular flexibility index (Phi) is 4.55. The van der Waals surface area contributed by atoms with Gasteiger partial charge in [-0.2, -0.15) is 5.10 Å². The highest BCUT2D eigenvalue weighted by atomic mass is 32.2. The van der Waals surface area contributed by atoms with Gasteiger partial charge in [0.1, 0.15) is 0 Å². The number of thioether (sulfide) groups is 1. The fraction of sp³-hybridized carbons (Fsp3) is 0.133. The maximum atomic E-state index is 11.8. The Hall–Kier alpha value is -2.12. The Bertz CT molecular complexity index is 789. The minimum Gasteiger partial charge on any atom is -0.333 e. The summed E-state index contributed by atoms with van der Waals surface area (Å²) < 4.78 is 0. The largest absolute Gasteiger partial charge is 0.333 e. The molecule has 0 atom stereocenters. The number of imidazole rings is 1. The average molecular weight is 330 g/mol. The van der Waals surface area contributed by atoms with Crippen LogP contribution in [0.5, 0.6) is 0 Å². The molecule has 7 heteroatoms. The lowest BCUT2D eigenvalue weighted by molar-refractivity contribution is -0.118. The highest BCUT2D eigenvalue weighted by molar-refractivity contribution is 7.99. The molecule has 0 fully saturated rings. The summed E-state index contributed by atoms with van der Waals surface area (Å²) in [6, 6.07) is 9.80. The summed E-state index contributed by atoms with van der Waals surface area (Å²) >= 11 is 2.95. The number of H-pyrrole nitrogens is 1. The molecular weight excluding hydrogens is 316 g/mol. The van der Waals surface area contributed by atoms with Crippen LogP contribution in [0.4, 0.5) is 0 Å². The fourth-order valence-corrected chi connectivity index (χ4v) is 3.31. The highest BCUT2D eigenvalue weighted by Crippen LogP contribution is 2.18. The molecule has 0 unspecified atom stereocenters. The lowest BCUT2D eigenvalue weighted by Gasteiger charge is -1.97. The second-order valence-corrected chi connectivity index (χ2v) is 6.52. The van der Waals surface area contributed by atoms with Crippen molar-refractivity contribution >= 4 is 46.3 Å². The smallest absolute Gasteiger partial charge is 0.250 e. The van der Waals surface area contributed by atoms with Gasteiger partial charge in [-0.1, -0.05) is 23.9 Å². The summed E-state index contributed by atoms with van der Waals surface area (Å²) in [6.07, 6.45) is 1.67. The van der Waals surface area contributed by atoms with Gasteiger partial charge in [-0.15, -0.1) is 11.3 Å². The third-order valence-electron chi connectivity index (χ3n) is 2.98. The Morgan fingerprint density at radius 3 is 3.09 bits per heavy atom. The Morgan fingerprint density at radius 2 is 2.32 bits per heavy atom. The average Bonchev–Trinajstić information content (AvgIpc) is 3.11. The molecule has 22 heavy (non-hydrogen) atoms. The zero-order valence-electron chi connectivity index (χ0n) is 11.9. The quantitative estimate of drug-likeness (QED) is 0.429. The number of thiophene rings is 1. The van der Waals surface area contributed by atoms with E-state index in [1.54, 1.807) is 17.6 Å². The van der Waals surface area contributed by atoms with E-state index >= 15 is 0 Å². The van der Waals surface area contributed by atoms with Crippen molar-refractivity contribution in [3.8, 4) is 0 Å². The minimum atomic E-state index is -0.157. The summed E-state index contributed by atoms with van der Waals surface area (Å²) in [6.45, 7) is 2.01. The van der Waals surface area contributed by atoms with E-state index in [1.165, 1.54) is 11.8 Å². The van der Waals surface area contributed by atoms with E-state index in [-0.39, 0.29) is 11.7 Å². The van der Waals surface area contributed by atoms with Gasteiger partial charge in [-0.3, -0.25) is 4.79 Å². The molecule has 1 aromatic carbocycles. The molecule has 0 bridgehead atoms. The number of nitrogens with zero attached hydrogens (tertiary/aromatic N) is 2. The van der Waals surface area contributed by atoms with Crippen LogP contribution < -0.4 is 5.43 Å². The van der Waals surface area contributed by atoms with Crippen molar-refractivity contribution in [1.29, 1.82) is 0 Å². The summed E-state index contributed by atoms with van der Waals surface area (Å²) in [5.74, 6) is 0.108. The van der Waals surface area contributed by atoms with Crippen LogP contribution >= 0.6 is 23.1 Å². The topological polar surface area (TPSA) is 70.1 Å². The van der Waals surface area contributed by atoms with Gasteiger partial charge in [0.25, 0.3) is 5.91 Å². The van der Waals surface area contributed by atoms with Crippen molar-refractivity contribution in [2.75, 3.05) is 5.75 Å². The number of hydrogen-bond acceptors (Lipinski definition) is 5. The van der Waals surface area contributed by atoms with E-state index in [4.69, 9.17) is 0 Å². The first kappa shape index (κ1) is 14.8. The molecule has 0 aliphatic rings. The molecule has 0 spiro atoms. The molecule has 2 N–H and O–H groups in total. The summed E-state index contributed by atoms with van der Waals surface area (Å²) in [4.78, 5) is 20.4. The molecule has 112 valence electrons. The van der Waals surface area contributed by atoms with Crippen molar-refractivity contribution in [2.45, 2.75) is 12.1 Å². The lowest BCUT2D eigenvalue weighted by Crippen LogP contribution is -2.19. The van der Waals surface area contributed by atoms with Gasteiger partial charge in [-0.25, -0.2) is 10.4 Å². The van der Waals surface area contributed by atoms with Gasteiger partial charge in [-0.05, 0) is 36.1 Å². The van der Waals surface area contributed by atoms with Crippen molar-refractivity contribution < 1.29 is 4.79 Å². The zero-order valence-corrected chi connectivity index (χ0v) is 13.5. The molecule has 1 amide bonds. The molecule has 0 saturated heterocycles. The molecule has 2 aromatic heterocycles. The Balaban J connectivity index is 1.52. The van der Waals surface area contributed by atoms with Crippen molar-refractivity contribution in [3.05, 3.63) is 46.2 Å². The van der Waals surface area contributed by atoms with E-state index in [2.05, 4.69) is 20.5 Å². The normalized spacial score (nSPS) is 11.3. The number of fused-ring (bicyclic) bond motifs is 1. The van der Waals surface area contributed by atoms with E-state index in [9.17, 15) is 4.79 Å². The van der Waals surface area contributed by atoms with Crippen molar-refractivity contribution in [1.82, 2.24) is 15.4 Å². The predicted octanol–water partition coefficient (Wildman–Crippen LogP) is 3.18. The van der Waals surface area contributed by atoms with Gasteiger partial charge in [0.15, 0.2) is 5.16 Å². The minimum absolute atomic E-state index is 0.157. The van der Waals surface area contributed by atoms with E-state index in [1.807, 2.05) is 42.6 Å². The van der Waals surface area contributed by atoms with Crippen LogP contribution in [-0.4, -0.2) is 27.8 Å². The van der Waals surface area contributed by atoms with Gasteiger partial charge in [0.2, 0.25) is 0 Å². The monoisotopic (exact) mass is 330 g/mol. The molecule has 0 radical (unpaired) electrons. The van der Waals surface area contributed by atoms with Gasteiger partial charge in [0.05, 0.1) is 23.0 Å². The number of hydrogen-bond donors (Lipinski definition) is 2.